The number of amides is 2. The first kappa shape index (κ1) is 27.7. The number of halogens is 3. The van der Waals surface area contributed by atoms with Crippen molar-refractivity contribution in [3.63, 3.8) is 0 Å². The van der Waals surface area contributed by atoms with Gasteiger partial charge in [-0.05, 0) is 92.8 Å². The third kappa shape index (κ3) is 6.81. The van der Waals surface area contributed by atoms with Crippen LogP contribution in [0.2, 0.25) is 0 Å². The van der Waals surface area contributed by atoms with Crippen molar-refractivity contribution < 1.29 is 22.8 Å². The van der Waals surface area contributed by atoms with Crippen LogP contribution in [0.4, 0.5) is 29.3 Å². The minimum Gasteiger partial charge on any atom is -0.371 e. The summed E-state index contributed by atoms with van der Waals surface area (Å²) in [6, 6.07) is 12.0. The number of carbonyl (C=O) groups is 2. The van der Waals surface area contributed by atoms with E-state index in [4.69, 9.17) is 0 Å². The second-order valence-corrected chi connectivity index (χ2v) is 10.6. The Labute approximate surface area is 231 Å². The van der Waals surface area contributed by atoms with Crippen LogP contribution in [0.3, 0.4) is 0 Å². The van der Waals surface area contributed by atoms with Crippen molar-refractivity contribution in [1.82, 2.24) is 10.3 Å². The Bertz CT molecular complexity index is 1390. The maximum Gasteiger partial charge on any atom is 0.416 e. The maximum atomic E-state index is 13.4. The molecule has 6 nitrogen and oxygen atoms in total. The van der Waals surface area contributed by atoms with Crippen LogP contribution in [0.5, 0.6) is 0 Å². The van der Waals surface area contributed by atoms with Gasteiger partial charge in [0.05, 0.1) is 16.8 Å². The van der Waals surface area contributed by atoms with E-state index in [9.17, 15) is 22.8 Å². The number of aromatic nitrogens is 1. The van der Waals surface area contributed by atoms with E-state index in [2.05, 4.69) is 20.5 Å². The zero-order chi connectivity index (χ0) is 28.1. The highest BCUT2D eigenvalue weighted by Crippen LogP contribution is 2.35. The summed E-state index contributed by atoms with van der Waals surface area (Å²) in [6.07, 6.45) is 7.05. The third-order valence-electron chi connectivity index (χ3n) is 7.60. The number of anilines is 2. The molecule has 0 atom stereocenters. The van der Waals surface area contributed by atoms with Crippen molar-refractivity contribution in [3.8, 4) is 0 Å². The Morgan fingerprint density at radius 3 is 2.30 bits per heavy atom. The first-order chi connectivity index (χ1) is 19.3. The molecule has 2 N–H and O–H groups in total. The van der Waals surface area contributed by atoms with Gasteiger partial charge in [0, 0.05) is 41.5 Å². The van der Waals surface area contributed by atoms with E-state index in [1.54, 1.807) is 36.4 Å². The van der Waals surface area contributed by atoms with Crippen LogP contribution in [-0.4, -0.2) is 35.9 Å². The molecule has 0 bridgehead atoms. The molecule has 1 aliphatic heterocycles. The Morgan fingerprint density at radius 1 is 0.900 bits per heavy atom. The predicted molar refractivity (Wildman–Crippen MR) is 152 cm³/mol. The van der Waals surface area contributed by atoms with Crippen LogP contribution >= 0.6 is 0 Å². The van der Waals surface area contributed by atoms with E-state index >= 15 is 0 Å². The molecule has 9 heteroatoms. The average molecular weight is 551 g/mol. The van der Waals surface area contributed by atoms with Crippen LogP contribution in [0, 0.1) is 0 Å². The number of piperidine rings is 1. The minimum atomic E-state index is -4.44. The number of rotatable bonds is 6. The minimum absolute atomic E-state index is 0.200. The van der Waals surface area contributed by atoms with Crippen molar-refractivity contribution in [2.75, 3.05) is 23.3 Å². The largest absolute Gasteiger partial charge is 0.416 e. The summed E-state index contributed by atoms with van der Waals surface area (Å²) < 4.78 is 40.2. The van der Waals surface area contributed by atoms with E-state index in [0.717, 1.165) is 70.2 Å². The number of hydrogen-bond donors (Lipinski definition) is 2. The highest BCUT2D eigenvalue weighted by Gasteiger charge is 2.31. The first-order valence-electron chi connectivity index (χ1n) is 13.9. The predicted octanol–water partition coefficient (Wildman–Crippen LogP) is 7.59. The highest BCUT2D eigenvalue weighted by molar-refractivity contribution is 6.07. The Balaban J connectivity index is 1.31. The molecule has 2 amide bonds. The fourth-order valence-corrected chi connectivity index (χ4v) is 5.46. The van der Waals surface area contributed by atoms with Crippen LogP contribution in [0.1, 0.15) is 73.0 Å². The van der Waals surface area contributed by atoms with Gasteiger partial charge in [-0.15, -0.1) is 0 Å². The summed E-state index contributed by atoms with van der Waals surface area (Å²) in [5.41, 5.74) is 1.98. The van der Waals surface area contributed by atoms with Crippen molar-refractivity contribution in [2.24, 2.45) is 0 Å². The fourth-order valence-electron chi connectivity index (χ4n) is 5.46. The lowest BCUT2D eigenvalue weighted by atomic mass is 9.96. The Hall–Kier alpha value is -3.88. The van der Waals surface area contributed by atoms with Gasteiger partial charge in [-0.3, -0.25) is 4.79 Å². The number of alkyl halides is 3. The highest BCUT2D eigenvalue weighted by atomic mass is 19.4. The number of allylic oxidation sites excluding steroid dienone is 1. The lowest BCUT2D eigenvalue weighted by molar-refractivity contribution is -0.137. The van der Waals surface area contributed by atoms with Gasteiger partial charge in [0.2, 0.25) is 0 Å². The fraction of sp³-hybridized carbons (Fsp3) is 0.387. The quantitative estimate of drug-likeness (QED) is 0.245. The molecule has 1 aliphatic carbocycles. The van der Waals surface area contributed by atoms with Gasteiger partial charge in [0.1, 0.15) is 0 Å². The molecule has 3 aromatic rings. The second-order valence-electron chi connectivity index (χ2n) is 10.6. The topological polar surface area (TPSA) is 74.3 Å². The summed E-state index contributed by atoms with van der Waals surface area (Å²) in [5.74, 6) is -0.243. The van der Waals surface area contributed by atoms with E-state index in [-0.39, 0.29) is 17.9 Å². The van der Waals surface area contributed by atoms with Crippen molar-refractivity contribution >= 4 is 40.2 Å². The molecule has 2 aliphatic rings. The number of pyridine rings is 1. The lowest BCUT2D eigenvalue weighted by Gasteiger charge is -2.30. The van der Waals surface area contributed by atoms with Crippen LogP contribution in [0.15, 0.2) is 54.6 Å². The number of nitrogens with zero attached hydrogens (tertiary/aromatic N) is 2. The summed E-state index contributed by atoms with van der Waals surface area (Å²) >= 11 is 0. The van der Waals surface area contributed by atoms with Crippen LogP contribution in [-0.2, 0) is 6.18 Å². The number of fused-ring (bicyclic) bond motifs is 1. The molecule has 0 radical (unpaired) electrons. The molecule has 5 rings (SSSR count). The molecule has 1 saturated carbocycles. The van der Waals surface area contributed by atoms with Gasteiger partial charge in [-0.25, -0.2) is 9.78 Å². The normalized spacial score (nSPS) is 16.8. The summed E-state index contributed by atoms with van der Waals surface area (Å²) in [6.45, 7) is 1.52. The van der Waals surface area contributed by atoms with Gasteiger partial charge < -0.3 is 15.5 Å². The summed E-state index contributed by atoms with van der Waals surface area (Å²) in [7, 11) is 0. The lowest BCUT2D eigenvalue weighted by Crippen LogP contribution is -2.39. The maximum absolute atomic E-state index is 13.4. The zero-order valence-corrected chi connectivity index (χ0v) is 22.3. The van der Waals surface area contributed by atoms with Crippen LogP contribution in [0.25, 0.3) is 17.0 Å². The second kappa shape index (κ2) is 12.1. The molecule has 2 aromatic carbocycles. The average Bonchev–Trinajstić information content (AvgIpc) is 2.96. The molecule has 0 spiro atoms. The summed E-state index contributed by atoms with van der Waals surface area (Å²) in [4.78, 5) is 31.8. The number of nitrogens with one attached hydrogen (secondary N) is 2. The van der Waals surface area contributed by atoms with Crippen molar-refractivity contribution in [3.05, 3.63) is 71.4 Å². The van der Waals surface area contributed by atoms with E-state index in [1.807, 2.05) is 0 Å². The molecule has 40 heavy (non-hydrogen) atoms. The number of carbonyl (C=O) groups excluding carboxylic acids is 2. The molecule has 2 heterocycles. The van der Waals surface area contributed by atoms with Gasteiger partial charge in [-0.1, -0.05) is 19.3 Å². The molecule has 1 aromatic heterocycles. The van der Waals surface area contributed by atoms with Gasteiger partial charge in [-0.2, -0.15) is 13.2 Å². The zero-order valence-electron chi connectivity index (χ0n) is 22.3. The molecule has 0 unspecified atom stereocenters. The Morgan fingerprint density at radius 2 is 1.60 bits per heavy atom. The monoisotopic (exact) mass is 550 g/mol. The van der Waals surface area contributed by atoms with Gasteiger partial charge in [0.15, 0.2) is 5.78 Å². The number of ketones is 1. The smallest absolute Gasteiger partial charge is 0.371 e. The van der Waals surface area contributed by atoms with Crippen molar-refractivity contribution in [1.29, 1.82) is 0 Å². The molecular formula is C31H33F3N4O2. The number of urea groups is 1. The van der Waals surface area contributed by atoms with Crippen molar-refractivity contribution in [2.45, 2.75) is 63.6 Å². The van der Waals surface area contributed by atoms with Gasteiger partial charge >= 0.3 is 12.2 Å². The number of hydrogen-bond acceptors (Lipinski definition) is 4. The summed E-state index contributed by atoms with van der Waals surface area (Å²) in [5, 5.41) is 6.27. The number of benzene rings is 2. The molecule has 210 valence electrons. The van der Waals surface area contributed by atoms with E-state index < -0.39 is 11.7 Å². The standard InChI is InChI=1S/C31H33F3N4O2/c32-31(33,34)22-11-15-27-26(19-22)28(38-17-5-2-6-18-38)20-25(35-27)14-16-29(39)21-9-12-24(13-10-21)37-30(40)36-23-7-3-1-4-8-23/h9-16,19-20,23H,1-8,17-18H2,(H2,36,37,40). The Kier molecular flexibility index (Phi) is 8.38. The molecular weight excluding hydrogens is 517 g/mol. The molecule has 2 fully saturated rings. The third-order valence-corrected chi connectivity index (χ3v) is 7.60. The van der Waals surface area contributed by atoms with Crippen LogP contribution < -0.4 is 15.5 Å². The van der Waals surface area contributed by atoms with E-state index in [1.165, 1.54) is 18.6 Å². The molecule has 1 saturated heterocycles. The SMILES string of the molecule is O=C(Nc1ccc(C(=O)C=Cc2cc(N3CCCCC3)c3cc(C(F)(F)F)ccc3n2)cc1)NC1CCCCC1. The van der Waals surface area contributed by atoms with E-state index in [0.29, 0.717) is 33.5 Å². The first-order valence-corrected chi connectivity index (χ1v) is 13.9. The van der Waals surface area contributed by atoms with Gasteiger partial charge in [0.25, 0.3) is 0 Å².